The fourth-order valence-electron chi connectivity index (χ4n) is 5.66. The van der Waals surface area contributed by atoms with E-state index in [1.165, 1.54) is 4.68 Å². The van der Waals surface area contributed by atoms with Crippen molar-refractivity contribution >= 4 is 30.8 Å². The number of rotatable bonds is 4. The largest absolute Gasteiger partial charge is 0.396 e. The van der Waals surface area contributed by atoms with Gasteiger partial charge in [0, 0.05) is 34.7 Å². The number of benzene rings is 2. The van der Waals surface area contributed by atoms with Gasteiger partial charge in [0.2, 0.25) is 8.41 Å². The van der Waals surface area contributed by atoms with E-state index < -0.39 is 31.6 Å². The van der Waals surface area contributed by atoms with Gasteiger partial charge in [-0.2, -0.15) is 9.78 Å². The first-order valence-electron chi connectivity index (χ1n) is 11.1. The number of anilines is 1. The van der Waals surface area contributed by atoms with E-state index in [0.717, 1.165) is 5.39 Å². The highest BCUT2D eigenvalue weighted by atomic mass is 28.4. The summed E-state index contributed by atoms with van der Waals surface area (Å²) in [4.78, 5) is 26.4. The average Bonchev–Trinajstić information content (AvgIpc) is 3.22. The number of ether oxygens (including phenoxy) is 1. The van der Waals surface area contributed by atoms with Gasteiger partial charge in [-0.1, -0.05) is 25.1 Å². The number of aromatic nitrogens is 2. The minimum Gasteiger partial charge on any atom is -0.396 e. The van der Waals surface area contributed by atoms with Crippen LogP contribution in [0.3, 0.4) is 0 Å². The molecule has 4 atom stereocenters. The number of nitrogens with one attached hydrogen (secondary N) is 1. The van der Waals surface area contributed by atoms with E-state index in [9.17, 15) is 14.7 Å². The van der Waals surface area contributed by atoms with Crippen LogP contribution in [-0.2, 0) is 15.1 Å². The number of aliphatic hydroxyl groups is 1. The zero-order valence-electron chi connectivity index (χ0n) is 18.7. The van der Waals surface area contributed by atoms with Crippen molar-refractivity contribution in [2.45, 2.75) is 43.7 Å². The van der Waals surface area contributed by atoms with Crippen molar-refractivity contribution in [2.75, 3.05) is 11.9 Å². The maximum Gasteiger partial charge on any atom is 0.279 e. The Morgan fingerprint density at radius 1 is 1.24 bits per heavy atom. The zero-order chi connectivity index (χ0) is 23.5. The molecule has 0 unspecified atom stereocenters. The molecule has 0 bridgehead atoms. The molecule has 1 fully saturated rings. The first kappa shape index (κ1) is 21.9. The lowest BCUT2D eigenvalue weighted by Gasteiger charge is -2.30. The highest BCUT2D eigenvalue weighted by Gasteiger charge is 2.65. The molecular weight excluding hydrogens is 441 g/mol. The summed E-state index contributed by atoms with van der Waals surface area (Å²) in [6.07, 6.45) is 1.31. The van der Waals surface area contributed by atoms with Crippen molar-refractivity contribution < 1.29 is 18.7 Å². The first-order valence-corrected chi connectivity index (χ1v) is 14.0. The predicted octanol–water partition coefficient (Wildman–Crippen LogP) is 3.50. The Morgan fingerprint density at radius 2 is 2.00 bits per heavy atom. The van der Waals surface area contributed by atoms with Gasteiger partial charge >= 0.3 is 0 Å². The van der Waals surface area contributed by atoms with Gasteiger partial charge in [-0.05, 0) is 43.8 Å². The molecule has 1 amide bonds. The molecule has 2 aromatic carbocycles. The van der Waals surface area contributed by atoms with Crippen molar-refractivity contribution in [1.29, 1.82) is 0 Å². The number of hydrogen-bond donors (Lipinski definition) is 2. The van der Waals surface area contributed by atoms with Crippen molar-refractivity contribution in [1.82, 2.24) is 9.78 Å². The second-order valence-electron chi connectivity index (χ2n) is 9.42. The van der Waals surface area contributed by atoms with E-state index in [-0.39, 0.29) is 24.5 Å². The topological polar surface area (TPSA) is 93.4 Å². The lowest BCUT2D eigenvalue weighted by molar-refractivity contribution is -0.143. The third-order valence-corrected chi connectivity index (χ3v) is 9.51. The highest BCUT2D eigenvalue weighted by molar-refractivity contribution is 6.72. The molecule has 1 saturated heterocycles. The maximum absolute atomic E-state index is 15.4. The van der Waals surface area contributed by atoms with Crippen molar-refractivity contribution in [2.24, 2.45) is 5.92 Å². The lowest BCUT2D eigenvalue weighted by atomic mass is 9.82. The number of amides is 1. The van der Waals surface area contributed by atoms with Gasteiger partial charge in [0.25, 0.3) is 11.5 Å². The van der Waals surface area contributed by atoms with Gasteiger partial charge in [-0.25, -0.2) is 0 Å². The number of carbonyl (C=O) groups excluding carboxylic acids is 1. The van der Waals surface area contributed by atoms with Crippen LogP contribution < -0.4 is 10.9 Å². The highest BCUT2D eigenvalue weighted by Crippen LogP contribution is 2.58. The Bertz CT molecular complexity index is 1320. The molecule has 7 nitrogen and oxygen atoms in total. The molecule has 172 valence electrons. The molecule has 0 radical (unpaired) electrons. The molecule has 1 spiro atoms. The van der Waals surface area contributed by atoms with E-state index >= 15 is 4.11 Å². The van der Waals surface area contributed by atoms with Crippen LogP contribution in [0, 0.1) is 5.92 Å². The molecule has 5 rings (SSSR count). The van der Waals surface area contributed by atoms with Gasteiger partial charge in [-0.3, -0.25) is 9.59 Å². The van der Waals surface area contributed by atoms with E-state index in [2.05, 4.69) is 10.4 Å². The molecule has 0 aliphatic carbocycles. The van der Waals surface area contributed by atoms with E-state index in [0.29, 0.717) is 22.3 Å². The first-order chi connectivity index (χ1) is 15.7. The van der Waals surface area contributed by atoms with Gasteiger partial charge in [0.15, 0.2) is 5.60 Å². The summed E-state index contributed by atoms with van der Waals surface area (Å²) in [5, 5.41) is 18.0. The molecule has 2 aliphatic heterocycles. The quantitative estimate of drug-likeness (QED) is 0.453. The molecular formula is C24H26FN3O4Si. The SMILES string of the molecule is C[C@H]1[C@H]([Si](C)(C)F)[C@@H](CCO)O[C@]12C(=O)Nc1ccc(-n3ncc4ccccc4c3=O)cc12. The normalized spacial score (nSPS) is 26.7. The standard InChI is InChI=1S/C24H26FN3O4Si/c1-14-21(33(2,3)25)20(10-11-29)32-24(14)18-12-16(8-9-19(18)27-23(24)31)28-22(30)17-7-5-4-6-15(17)13-26-28/h4-9,12-14,20-21,29H,10-11H2,1-3H3,(H,27,31)/t14-,20+,21-,24+/m0/s1. The summed E-state index contributed by atoms with van der Waals surface area (Å²) in [7, 11) is -3.23. The van der Waals surface area contributed by atoms with Gasteiger partial charge in [0.05, 0.1) is 23.4 Å². The second kappa shape index (κ2) is 7.58. The zero-order valence-corrected chi connectivity index (χ0v) is 19.7. The number of nitrogens with zero attached hydrogens (tertiary/aromatic N) is 2. The van der Waals surface area contributed by atoms with Gasteiger partial charge < -0.3 is 19.3 Å². The van der Waals surface area contributed by atoms with Crippen molar-refractivity contribution in [3.8, 4) is 5.69 Å². The molecule has 3 heterocycles. The fraction of sp³-hybridized carbons (Fsp3) is 0.375. The summed E-state index contributed by atoms with van der Waals surface area (Å²) >= 11 is 0. The van der Waals surface area contributed by atoms with Crippen LogP contribution in [0.1, 0.15) is 18.9 Å². The van der Waals surface area contributed by atoms with Crippen LogP contribution in [0.25, 0.3) is 16.5 Å². The van der Waals surface area contributed by atoms with E-state index in [1.807, 2.05) is 19.1 Å². The summed E-state index contributed by atoms with van der Waals surface area (Å²) in [6, 6.07) is 12.4. The molecule has 33 heavy (non-hydrogen) atoms. The Balaban J connectivity index is 1.66. The summed E-state index contributed by atoms with van der Waals surface area (Å²) in [5.41, 5.74) is -0.476. The van der Waals surface area contributed by atoms with Crippen molar-refractivity contribution in [3.05, 3.63) is 64.6 Å². The Kier molecular flexibility index (Phi) is 5.04. The maximum atomic E-state index is 15.4. The third-order valence-electron chi connectivity index (χ3n) is 7.05. The molecule has 3 aromatic rings. The average molecular weight is 468 g/mol. The molecule has 2 N–H and O–H groups in total. The summed E-state index contributed by atoms with van der Waals surface area (Å²) in [6.45, 7) is 4.92. The minimum atomic E-state index is -3.23. The van der Waals surface area contributed by atoms with Crippen LogP contribution in [0.4, 0.5) is 9.80 Å². The van der Waals surface area contributed by atoms with Crippen molar-refractivity contribution in [3.63, 3.8) is 0 Å². The Hall–Kier alpha value is -2.88. The molecule has 2 aliphatic rings. The smallest absolute Gasteiger partial charge is 0.279 e. The van der Waals surface area contributed by atoms with E-state index in [1.54, 1.807) is 49.6 Å². The summed E-state index contributed by atoms with van der Waals surface area (Å²) in [5.74, 6) is -0.789. The molecule has 0 saturated carbocycles. The molecule has 1 aromatic heterocycles. The third kappa shape index (κ3) is 3.18. The summed E-state index contributed by atoms with van der Waals surface area (Å²) < 4.78 is 23.0. The number of halogens is 1. The number of carbonyl (C=O) groups is 1. The number of hydrogen-bond acceptors (Lipinski definition) is 5. The monoisotopic (exact) mass is 467 g/mol. The second-order valence-corrected chi connectivity index (χ2v) is 13.2. The van der Waals surface area contributed by atoms with Crippen LogP contribution in [0.5, 0.6) is 0 Å². The minimum absolute atomic E-state index is 0.153. The predicted molar refractivity (Wildman–Crippen MR) is 126 cm³/mol. The number of aliphatic hydroxyl groups excluding tert-OH is 1. The Labute approximate surface area is 191 Å². The van der Waals surface area contributed by atoms with Gasteiger partial charge in [-0.15, -0.1) is 0 Å². The van der Waals surface area contributed by atoms with Crippen LogP contribution in [0.2, 0.25) is 18.6 Å². The van der Waals surface area contributed by atoms with Crippen LogP contribution in [-0.4, -0.2) is 41.9 Å². The van der Waals surface area contributed by atoms with Crippen LogP contribution in [0.15, 0.2) is 53.5 Å². The Morgan fingerprint density at radius 3 is 2.73 bits per heavy atom. The fourth-order valence-corrected chi connectivity index (χ4v) is 8.20. The lowest BCUT2D eigenvalue weighted by Crippen LogP contribution is -2.42. The van der Waals surface area contributed by atoms with Gasteiger partial charge in [0.1, 0.15) is 0 Å². The molecule has 9 heteroatoms. The van der Waals surface area contributed by atoms with E-state index in [4.69, 9.17) is 4.74 Å². The van der Waals surface area contributed by atoms with Crippen LogP contribution >= 0.6 is 0 Å². The number of fused-ring (bicyclic) bond motifs is 3.